The van der Waals surface area contributed by atoms with Gasteiger partial charge in [-0.15, -0.1) is 11.3 Å². The number of aliphatic hydroxyl groups excluding tert-OH is 1. The number of hydrogen-bond donors (Lipinski definition) is 1. The third-order valence-electron chi connectivity index (χ3n) is 4.39. The summed E-state index contributed by atoms with van der Waals surface area (Å²) in [6.45, 7) is 0. The number of ketones is 1. The van der Waals surface area contributed by atoms with E-state index in [9.17, 15) is 14.7 Å². The summed E-state index contributed by atoms with van der Waals surface area (Å²) in [4.78, 5) is 35.8. The predicted octanol–water partition coefficient (Wildman–Crippen LogP) is 3.17. The fraction of sp³-hybridized carbons (Fsp3) is 0.100. The smallest absolute Gasteiger partial charge is 0.302 e. The topological polar surface area (TPSA) is 92.6 Å². The van der Waals surface area contributed by atoms with Gasteiger partial charge in [-0.3, -0.25) is 14.5 Å². The molecule has 1 fully saturated rings. The number of benzene rings is 1. The second-order valence-electron chi connectivity index (χ2n) is 5.96. The Hall–Kier alpha value is -3.52. The maximum atomic E-state index is 12.8. The van der Waals surface area contributed by atoms with E-state index in [1.807, 2.05) is 11.4 Å². The molecule has 0 unspecified atom stereocenters. The number of carbonyl (C=O) groups is 2. The molecule has 4 rings (SSSR count). The number of anilines is 1. The zero-order valence-electron chi connectivity index (χ0n) is 14.8. The minimum absolute atomic E-state index is 0.00469. The van der Waals surface area contributed by atoms with Crippen molar-refractivity contribution < 1.29 is 19.4 Å². The van der Waals surface area contributed by atoms with Crippen LogP contribution >= 0.6 is 11.3 Å². The van der Waals surface area contributed by atoms with Gasteiger partial charge >= 0.3 is 5.91 Å². The van der Waals surface area contributed by atoms with Crippen molar-refractivity contribution in [3.63, 3.8) is 0 Å². The van der Waals surface area contributed by atoms with Gasteiger partial charge in [0.15, 0.2) is 0 Å². The lowest BCUT2D eigenvalue weighted by Crippen LogP contribution is -2.30. The second kappa shape index (κ2) is 7.24. The van der Waals surface area contributed by atoms with Crippen molar-refractivity contribution in [3.05, 3.63) is 76.3 Å². The number of hydrogen-bond acceptors (Lipinski definition) is 7. The third kappa shape index (κ3) is 2.93. The minimum Gasteiger partial charge on any atom is -0.507 e. The molecule has 7 nitrogen and oxygen atoms in total. The van der Waals surface area contributed by atoms with Gasteiger partial charge in [0.2, 0.25) is 5.95 Å². The van der Waals surface area contributed by atoms with E-state index in [1.165, 1.54) is 35.7 Å². The lowest BCUT2D eigenvalue weighted by atomic mass is 10.00. The van der Waals surface area contributed by atoms with E-state index in [-0.39, 0.29) is 17.3 Å². The molecule has 0 radical (unpaired) electrons. The largest absolute Gasteiger partial charge is 0.507 e. The number of Topliss-reactive ketones (excluding diaryl/α,β-unsaturated/α-hetero) is 1. The van der Waals surface area contributed by atoms with Gasteiger partial charge in [-0.05, 0) is 41.8 Å². The second-order valence-corrected chi connectivity index (χ2v) is 6.94. The molecule has 1 saturated heterocycles. The minimum atomic E-state index is -0.801. The molecule has 1 amide bonds. The predicted molar refractivity (Wildman–Crippen MR) is 104 cm³/mol. The van der Waals surface area contributed by atoms with Crippen molar-refractivity contribution in [2.24, 2.45) is 0 Å². The summed E-state index contributed by atoms with van der Waals surface area (Å²) in [6.07, 6.45) is 2.99. The molecular weight excluding hydrogens is 378 g/mol. The Labute approximate surface area is 164 Å². The number of methoxy groups -OCH3 is 1. The third-order valence-corrected chi connectivity index (χ3v) is 5.31. The zero-order valence-corrected chi connectivity index (χ0v) is 15.6. The van der Waals surface area contributed by atoms with Crippen molar-refractivity contribution in [2.75, 3.05) is 12.0 Å². The summed E-state index contributed by atoms with van der Waals surface area (Å²) in [7, 11) is 1.54. The molecular formula is C20H15N3O4S. The molecule has 0 aliphatic carbocycles. The molecule has 1 aromatic carbocycles. The Bertz CT molecular complexity index is 1050. The van der Waals surface area contributed by atoms with Crippen molar-refractivity contribution in [1.82, 2.24) is 9.97 Å². The number of rotatable bonds is 4. The Kier molecular flexibility index (Phi) is 4.62. The van der Waals surface area contributed by atoms with Crippen molar-refractivity contribution in [3.8, 4) is 5.75 Å². The quantitative estimate of drug-likeness (QED) is 0.416. The van der Waals surface area contributed by atoms with E-state index in [0.29, 0.717) is 11.3 Å². The highest BCUT2D eigenvalue weighted by Crippen LogP contribution is 2.42. The number of thiophene rings is 1. The summed E-state index contributed by atoms with van der Waals surface area (Å²) >= 11 is 1.38. The van der Waals surface area contributed by atoms with Gasteiger partial charge in [-0.25, -0.2) is 9.97 Å². The molecule has 3 aromatic rings. The normalized spacial score (nSPS) is 18.5. The summed E-state index contributed by atoms with van der Waals surface area (Å²) < 4.78 is 5.13. The fourth-order valence-corrected chi connectivity index (χ4v) is 3.90. The van der Waals surface area contributed by atoms with E-state index in [2.05, 4.69) is 9.97 Å². The van der Waals surface area contributed by atoms with E-state index in [0.717, 1.165) is 4.88 Å². The highest BCUT2D eigenvalue weighted by Gasteiger charge is 2.48. The number of ether oxygens (including phenoxy) is 1. The molecule has 28 heavy (non-hydrogen) atoms. The zero-order chi connectivity index (χ0) is 19.7. The number of carbonyl (C=O) groups excluding carboxylic acids is 2. The van der Waals surface area contributed by atoms with Crippen LogP contribution in [0.15, 0.2) is 65.8 Å². The van der Waals surface area contributed by atoms with Crippen LogP contribution in [0.1, 0.15) is 16.5 Å². The Morgan fingerprint density at radius 2 is 1.82 bits per heavy atom. The van der Waals surface area contributed by atoms with E-state index in [1.54, 1.807) is 36.4 Å². The van der Waals surface area contributed by atoms with Gasteiger partial charge in [0.1, 0.15) is 17.6 Å². The average Bonchev–Trinajstić information content (AvgIpc) is 3.35. The Balaban J connectivity index is 1.89. The lowest BCUT2D eigenvalue weighted by Gasteiger charge is -2.21. The molecule has 8 heteroatoms. The van der Waals surface area contributed by atoms with Crippen LogP contribution < -0.4 is 9.64 Å². The summed E-state index contributed by atoms with van der Waals surface area (Å²) in [5, 5.41) is 12.8. The van der Waals surface area contributed by atoms with Crippen LogP contribution in [0, 0.1) is 0 Å². The van der Waals surface area contributed by atoms with Gasteiger partial charge < -0.3 is 9.84 Å². The van der Waals surface area contributed by atoms with Gasteiger partial charge in [0.25, 0.3) is 5.78 Å². The highest BCUT2D eigenvalue weighted by molar-refractivity contribution is 7.10. The molecule has 2 aromatic heterocycles. The maximum absolute atomic E-state index is 12.8. The van der Waals surface area contributed by atoms with Crippen LogP contribution in [0.5, 0.6) is 5.75 Å². The molecule has 1 atom stereocenters. The van der Waals surface area contributed by atoms with E-state index < -0.39 is 17.7 Å². The van der Waals surface area contributed by atoms with Crippen molar-refractivity contribution in [2.45, 2.75) is 6.04 Å². The van der Waals surface area contributed by atoms with E-state index in [4.69, 9.17) is 4.74 Å². The molecule has 1 N–H and O–H groups in total. The van der Waals surface area contributed by atoms with Crippen LogP contribution in [0.4, 0.5) is 5.95 Å². The van der Waals surface area contributed by atoms with Crippen LogP contribution in [-0.2, 0) is 9.59 Å². The Morgan fingerprint density at radius 1 is 1.11 bits per heavy atom. The molecule has 1 aliphatic heterocycles. The van der Waals surface area contributed by atoms with Crippen LogP contribution in [-0.4, -0.2) is 33.9 Å². The molecule has 140 valence electrons. The standard InChI is InChI=1S/C20H15N3O4S/c1-27-13-7-5-12(6-8-13)17(24)15-16(14-4-2-11-28-14)23(19(26)18(15)25)20-21-9-3-10-22-20/h2-11,16,24H,1H3/t16-/m1/s1. The number of nitrogens with zero attached hydrogens (tertiary/aromatic N) is 3. The van der Waals surface area contributed by atoms with E-state index >= 15 is 0 Å². The summed E-state index contributed by atoms with van der Waals surface area (Å²) in [6, 6.07) is 11.1. The number of aliphatic hydroxyl groups is 1. The number of amides is 1. The summed E-state index contributed by atoms with van der Waals surface area (Å²) in [5.41, 5.74) is 0.416. The first-order valence-corrected chi connectivity index (χ1v) is 9.25. The lowest BCUT2D eigenvalue weighted by molar-refractivity contribution is -0.132. The monoisotopic (exact) mass is 393 g/mol. The van der Waals surface area contributed by atoms with Gasteiger partial charge in [0, 0.05) is 22.8 Å². The Morgan fingerprint density at radius 3 is 2.43 bits per heavy atom. The van der Waals surface area contributed by atoms with Crippen LogP contribution in [0.3, 0.4) is 0 Å². The van der Waals surface area contributed by atoms with Crippen LogP contribution in [0.25, 0.3) is 5.76 Å². The summed E-state index contributed by atoms with van der Waals surface area (Å²) in [5.74, 6) is -1.09. The maximum Gasteiger partial charge on any atom is 0.302 e. The first kappa shape index (κ1) is 17.9. The molecule has 0 saturated carbocycles. The van der Waals surface area contributed by atoms with Crippen LogP contribution in [0.2, 0.25) is 0 Å². The molecule has 3 heterocycles. The molecule has 0 spiro atoms. The van der Waals surface area contributed by atoms with Gasteiger partial charge in [-0.1, -0.05) is 6.07 Å². The first-order valence-electron chi connectivity index (χ1n) is 8.37. The van der Waals surface area contributed by atoms with Crippen molar-refractivity contribution in [1.29, 1.82) is 0 Å². The van der Waals surface area contributed by atoms with Gasteiger partial charge in [0.05, 0.1) is 12.7 Å². The molecule has 0 bridgehead atoms. The molecule has 1 aliphatic rings. The van der Waals surface area contributed by atoms with Gasteiger partial charge in [-0.2, -0.15) is 0 Å². The SMILES string of the molecule is COc1ccc(C(O)=C2C(=O)C(=O)N(c3ncccn3)[C@@H]2c2cccs2)cc1. The van der Waals surface area contributed by atoms with Crippen molar-refractivity contribution >= 4 is 34.7 Å². The average molecular weight is 393 g/mol. The highest BCUT2D eigenvalue weighted by atomic mass is 32.1. The fourth-order valence-electron chi connectivity index (χ4n) is 3.07. The first-order chi connectivity index (χ1) is 13.6. The number of aromatic nitrogens is 2.